The lowest BCUT2D eigenvalue weighted by atomic mass is 9.94. The second-order valence-corrected chi connectivity index (χ2v) is 16.5. The zero-order chi connectivity index (χ0) is 41.4. The summed E-state index contributed by atoms with van der Waals surface area (Å²) in [7, 11) is 0. The molecule has 2 aromatic heterocycles. The highest BCUT2D eigenvalue weighted by atomic mass is 16.3. The highest BCUT2D eigenvalue weighted by Crippen LogP contribution is 2.47. The van der Waals surface area contributed by atoms with E-state index in [1.165, 1.54) is 65.6 Å². The molecule has 0 aliphatic heterocycles. The average Bonchev–Trinajstić information content (AvgIpc) is 3.91. The lowest BCUT2D eigenvalue weighted by Crippen LogP contribution is -2.10. The van der Waals surface area contributed by atoms with Gasteiger partial charge in [-0.05, 0) is 110 Å². The molecular formula is C60H38N2O. The molecule has 0 atom stereocenters. The lowest BCUT2D eigenvalue weighted by molar-refractivity contribution is 0.672. The van der Waals surface area contributed by atoms with Gasteiger partial charge in [-0.25, -0.2) is 0 Å². The highest BCUT2D eigenvalue weighted by Gasteiger charge is 2.23. The van der Waals surface area contributed by atoms with E-state index in [0.717, 1.165) is 55.5 Å². The van der Waals surface area contributed by atoms with Crippen LogP contribution >= 0.6 is 0 Å². The first-order chi connectivity index (χ1) is 31.2. The Morgan fingerprint density at radius 2 is 0.889 bits per heavy atom. The van der Waals surface area contributed by atoms with Crippen LogP contribution in [0, 0.1) is 0 Å². The molecule has 0 N–H and O–H groups in total. The molecule has 0 saturated carbocycles. The third-order valence-corrected chi connectivity index (χ3v) is 12.9. The SMILES string of the molecule is c1ccc(-c2ccccc2-c2ccc(N(c3ccc4c(ccc5cc(-n6c7ccccc7c7ccccc76)ccc54)c3)c3cc4ccccc4c4oc5ccccc5c34)cc2)cc1. The Bertz CT molecular complexity index is 3860. The number of hydrogen-bond donors (Lipinski definition) is 0. The number of anilines is 3. The topological polar surface area (TPSA) is 21.3 Å². The predicted octanol–water partition coefficient (Wildman–Crippen LogP) is 16.9. The first kappa shape index (κ1) is 35.4. The van der Waals surface area contributed by atoms with Gasteiger partial charge in [-0.15, -0.1) is 0 Å². The fourth-order valence-electron chi connectivity index (χ4n) is 10.1. The molecule has 0 aliphatic rings. The van der Waals surface area contributed by atoms with Crippen LogP contribution < -0.4 is 4.90 Å². The van der Waals surface area contributed by atoms with Crippen molar-refractivity contribution in [3.8, 4) is 27.9 Å². The van der Waals surface area contributed by atoms with Crippen molar-refractivity contribution >= 4 is 93.1 Å². The maximum atomic E-state index is 6.73. The number of rotatable bonds is 6. The van der Waals surface area contributed by atoms with Crippen molar-refractivity contribution in [1.82, 2.24) is 4.57 Å². The zero-order valence-electron chi connectivity index (χ0n) is 34.2. The molecular weight excluding hydrogens is 765 g/mol. The Balaban J connectivity index is 0.994. The van der Waals surface area contributed by atoms with Crippen molar-refractivity contribution in [3.05, 3.63) is 231 Å². The van der Waals surface area contributed by atoms with Gasteiger partial charge in [0.05, 0.1) is 22.1 Å². The smallest absolute Gasteiger partial charge is 0.145 e. The molecule has 11 aromatic carbocycles. The Morgan fingerprint density at radius 3 is 1.62 bits per heavy atom. The van der Waals surface area contributed by atoms with Gasteiger partial charge in [0.1, 0.15) is 11.2 Å². The molecule has 0 fully saturated rings. The van der Waals surface area contributed by atoms with Crippen molar-refractivity contribution in [2.24, 2.45) is 0 Å². The number of fused-ring (bicyclic) bond motifs is 11. The van der Waals surface area contributed by atoms with Crippen molar-refractivity contribution in [1.29, 1.82) is 0 Å². The van der Waals surface area contributed by atoms with Crippen LogP contribution in [0.3, 0.4) is 0 Å². The molecule has 3 nitrogen and oxygen atoms in total. The van der Waals surface area contributed by atoms with Gasteiger partial charge in [0.2, 0.25) is 0 Å². The minimum absolute atomic E-state index is 0.878. The maximum absolute atomic E-state index is 6.73. The molecule has 0 aliphatic carbocycles. The van der Waals surface area contributed by atoms with Crippen LogP contribution in [0.15, 0.2) is 235 Å². The Morgan fingerprint density at radius 1 is 0.349 bits per heavy atom. The summed E-state index contributed by atoms with van der Waals surface area (Å²) in [4.78, 5) is 2.42. The molecule has 13 rings (SSSR count). The molecule has 0 spiro atoms. The van der Waals surface area contributed by atoms with Gasteiger partial charge in [-0.3, -0.25) is 0 Å². The number of nitrogens with zero attached hydrogens (tertiary/aromatic N) is 2. The minimum atomic E-state index is 0.878. The van der Waals surface area contributed by atoms with Crippen molar-refractivity contribution in [3.63, 3.8) is 0 Å². The maximum Gasteiger partial charge on any atom is 0.145 e. The van der Waals surface area contributed by atoms with Crippen LogP contribution in [0.2, 0.25) is 0 Å². The van der Waals surface area contributed by atoms with Gasteiger partial charge >= 0.3 is 0 Å². The lowest BCUT2D eigenvalue weighted by Gasteiger charge is -2.27. The predicted molar refractivity (Wildman–Crippen MR) is 266 cm³/mol. The van der Waals surface area contributed by atoms with Crippen LogP contribution in [-0.4, -0.2) is 4.57 Å². The molecule has 0 unspecified atom stereocenters. The highest BCUT2D eigenvalue weighted by molar-refractivity contribution is 6.22. The first-order valence-corrected chi connectivity index (χ1v) is 21.6. The van der Waals surface area contributed by atoms with Gasteiger partial charge in [0.25, 0.3) is 0 Å². The van der Waals surface area contributed by atoms with E-state index in [-0.39, 0.29) is 0 Å². The fraction of sp³-hybridized carbons (Fsp3) is 0. The molecule has 3 heteroatoms. The van der Waals surface area contributed by atoms with Gasteiger partial charge in [0.15, 0.2) is 0 Å². The molecule has 2 heterocycles. The Hall–Kier alpha value is -8.40. The summed E-state index contributed by atoms with van der Waals surface area (Å²) >= 11 is 0. The number of hydrogen-bond acceptors (Lipinski definition) is 2. The molecule has 0 radical (unpaired) electrons. The summed E-state index contributed by atoms with van der Waals surface area (Å²) < 4.78 is 9.13. The summed E-state index contributed by atoms with van der Waals surface area (Å²) in [5, 5.41) is 11.8. The van der Waals surface area contributed by atoms with Crippen LogP contribution in [0.5, 0.6) is 0 Å². The third kappa shape index (κ3) is 5.60. The quantitative estimate of drug-likeness (QED) is 0.156. The number of para-hydroxylation sites is 3. The standard InChI is InChI=1S/C60H38N2O/c1-2-14-39(15-3-1)47-17-6-7-18-48(47)40-28-30-44(31-29-40)61(57-38-41-16-4-5-19-51(41)60-59(57)54-22-10-13-25-58(54)63-60)45-32-34-49-42(36-45)26-27-43-37-46(33-35-50(43)49)62-55-23-11-8-20-52(55)53-21-9-12-24-56(53)62/h1-38H. The normalized spacial score (nSPS) is 11.8. The summed E-state index contributed by atoms with van der Waals surface area (Å²) in [5.74, 6) is 0. The van der Waals surface area contributed by atoms with E-state index in [0.29, 0.717) is 0 Å². The Labute approximate surface area is 363 Å². The summed E-state index contributed by atoms with van der Waals surface area (Å²) in [6.45, 7) is 0. The Kier molecular flexibility index (Phi) is 7.91. The van der Waals surface area contributed by atoms with E-state index >= 15 is 0 Å². The summed E-state index contributed by atoms with van der Waals surface area (Å²) in [6.07, 6.45) is 0. The molecule has 294 valence electrons. The van der Waals surface area contributed by atoms with E-state index in [2.05, 4.69) is 240 Å². The monoisotopic (exact) mass is 802 g/mol. The number of benzene rings is 11. The second-order valence-electron chi connectivity index (χ2n) is 16.5. The summed E-state index contributed by atoms with van der Waals surface area (Å²) in [6, 6.07) is 83.5. The van der Waals surface area contributed by atoms with E-state index in [9.17, 15) is 0 Å². The van der Waals surface area contributed by atoms with E-state index in [1.54, 1.807) is 0 Å². The average molecular weight is 803 g/mol. The van der Waals surface area contributed by atoms with Crippen molar-refractivity contribution < 1.29 is 4.42 Å². The van der Waals surface area contributed by atoms with Gasteiger partial charge in [0, 0.05) is 38.6 Å². The molecule has 0 bridgehead atoms. The van der Waals surface area contributed by atoms with E-state index < -0.39 is 0 Å². The number of furan rings is 1. The molecule has 0 amide bonds. The molecule has 13 aromatic rings. The van der Waals surface area contributed by atoms with Crippen LogP contribution in [-0.2, 0) is 0 Å². The van der Waals surface area contributed by atoms with Crippen molar-refractivity contribution in [2.75, 3.05) is 4.90 Å². The van der Waals surface area contributed by atoms with Gasteiger partial charge in [-0.2, -0.15) is 0 Å². The van der Waals surface area contributed by atoms with Crippen LogP contribution in [0.1, 0.15) is 0 Å². The molecule has 0 saturated heterocycles. The third-order valence-electron chi connectivity index (χ3n) is 12.9. The van der Waals surface area contributed by atoms with Crippen LogP contribution in [0.4, 0.5) is 17.1 Å². The van der Waals surface area contributed by atoms with E-state index in [1.807, 2.05) is 0 Å². The first-order valence-electron chi connectivity index (χ1n) is 21.6. The van der Waals surface area contributed by atoms with Gasteiger partial charge < -0.3 is 13.9 Å². The van der Waals surface area contributed by atoms with Gasteiger partial charge in [-0.1, -0.05) is 170 Å². The fourth-order valence-corrected chi connectivity index (χ4v) is 10.1. The summed E-state index contributed by atoms with van der Waals surface area (Å²) in [5.41, 5.74) is 13.4. The second kappa shape index (κ2) is 14.1. The van der Waals surface area contributed by atoms with Crippen molar-refractivity contribution in [2.45, 2.75) is 0 Å². The molecule has 63 heavy (non-hydrogen) atoms. The zero-order valence-corrected chi connectivity index (χ0v) is 34.2. The van der Waals surface area contributed by atoms with Crippen LogP contribution in [0.25, 0.3) is 104 Å². The van der Waals surface area contributed by atoms with E-state index in [4.69, 9.17) is 4.42 Å². The minimum Gasteiger partial charge on any atom is -0.455 e. The largest absolute Gasteiger partial charge is 0.455 e. The number of aromatic nitrogens is 1.